The van der Waals surface area contributed by atoms with Gasteiger partial charge in [-0.15, -0.1) is 0 Å². The number of piperidine rings is 1. The summed E-state index contributed by atoms with van der Waals surface area (Å²) in [4.78, 5) is 17.2. The second kappa shape index (κ2) is 9.55. The van der Waals surface area contributed by atoms with Crippen molar-refractivity contribution in [3.05, 3.63) is 30.3 Å². The fraction of sp³-hybridized carbons (Fsp3) is 0.667. The molecule has 2 fully saturated rings. The first-order chi connectivity index (χ1) is 13.8. The fourth-order valence-electron chi connectivity index (χ4n) is 4.31. The van der Waals surface area contributed by atoms with Gasteiger partial charge in [0.15, 0.2) is 0 Å². The van der Waals surface area contributed by atoms with Gasteiger partial charge in [0.1, 0.15) is 0 Å². The van der Waals surface area contributed by atoms with E-state index in [1.807, 2.05) is 0 Å². The smallest absolute Gasteiger partial charge is 0.243 e. The first kappa shape index (κ1) is 22.2. The number of ether oxygens (including phenoxy) is 1. The van der Waals surface area contributed by atoms with Crippen LogP contribution in [0.15, 0.2) is 35.2 Å². The Bertz CT molecular complexity index is 768. The van der Waals surface area contributed by atoms with E-state index < -0.39 is 10.0 Å². The molecule has 0 aromatic heterocycles. The lowest BCUT2D eigenvalue weighted by Gasteiger charge is -2.39. The van der Waals surface area contributed by atoms with E-state index in [0.29, 0.717) is 19.0 Å². The van der Waals surface area contributed by atoms with Crippen LogP contribution in [-0.4, -0.2) is 87.0 Å². The Morgan fingerprint density at radius 3 is 2.28 bits per heavy atom. The number of nitrogens with zero attached hydrogens (tertiary/aromatic N) is 3. The normalized spacial score (nSPS) is 24.8. The molecule has 2 saturated heterocycles. The van der Waals surface area contributed by atoms with Gasteiger partial charge in [0.2, 0.25) is 15.9 Å². The Kier molecular flexibility index (Phi) is 7.32. The molecule has 162 valence electrons. The molecule has 3 rings (SSSR count). The summed E-state index contributed by atoms with van der Waals surface area (Å²) < 4.78 is 32.2. The van der Waals surface area contributed by atoms with Crippen LogP contribution in [0.2, 0.25) is 0 Å². The van der Waals surface area contributed by atoms with Crippen molar-refractivity contribution < 1.29 is 17.9 Å². The van der Waals surface area contributed by atoms with E-state index in [9.17, 15) is 13.2 Å². The van der Waals surface area contributed by atoms with Crippen LogP contribution in [0.25, 0.3) is 0 Å². The Hall–Kier alpha value is -1.48. The molecule has 7 nitrogen and oxygen atoms in total. The van der Waals surface area contributed by atoms with Crippen molar-refractivity contribution in [2.24, 2.45) is 5.92 Å². The molecule has 2 atom stereocenters. The molecule has 0 N–H and O–H groups in total. The van der Waals surface area contributed by atoms with Crippen LogP contribution in [0.5, 0.6) is 0 Å². The standard InChI is InChI=1S/C21H33N3O4S/c1-17-13-23(14-18(2)28-17)15-19-9-11-24(12-10-19)21(25)16-22(3)29(26,27)20-7-5-4-6-8-20/h4-8,17-19H,9-16H2,1-3H3. The van der Waals surface area contributed by atoms with Crippen molar-refractivity contribution >= 4 is 15.9 Å². The van der Waals surface area contributed by atoms with Crippen molar-refractivity contribution in [1.82, 2.24) is 14.1 Å². The summed E-state index contributed by atoms with van der Waals surface area (Å²) in [6.45, 7) is 8.46. The number of morpholine rings is 1. The number of likely N-dealkylation sites (tertiary alicyclic amines) is 1. The van der Waals surface area contributed by atoms with Crippen LogP contribution < -0.4 is 0 Å². The largest absolute Gasteiger partial charge is 0.373 e. The molecule has 2 heterocycles. The number of carbonyl (C=O) groups is 1. The summed E-state index contributed by atoms with van der Waals surface area (Å²) in [6.07, 6.45) is 2.45. The lowest BCUT2D eigenvalue weighted by Crippen LogP contribution is -2.49. The van der Waals surface area contributed by atoms with E-state index in [1.165, 1.54) is 7.05 Å². The summed E-state index contributed by atoms with van der Waals surface area (Å²) in [5, 5.41) is 0. The molecule has 0 radical (unpaired) electrons. The molecule has 1 aromatic carbocycles. The summed E-state index contributed by atoms with van der Waals surface area (Å²) in [7, 11) is -2.18. The van der Waals surface area contributed by atoms with E-state index in [4.69, 9.17) is 4.74 Å². The average molecular weight is 424 g/mol. The Morgan fingerprint density at radius 1 is 1.10 bits per heavy atom. The van der Waals surface area contributed by atoms with Gasteiger partial charge < -0.3 is 9.64 Å². The van der Waals surface area contributed by atoms with Gasteiger partial charge in [-0.3, -0.25) is 9.69 Å². The molecule has 1 amide bonds. The second-order valence-corrected chi connectivity index (χ2v) is 10.4. The third kappa shape index (κ3) is 5.78. The van der Waals surface area contributed by atoms with Crippen molar-refractivity contribution in [3.63, 3.8) is 0 Å². The number of likely N-dealkylation sites (N-methyl/N-ethyl adjacent to an activating group) is 1. The maximum absolute atomic E-state index is 12.7. The molecule has 2 aliphatic rings. The number of hydrogen-bond acceptors (Lipinski definition) is 5. The van der Waals surface area contributed by atoms with Crippen molar-refractivity contribution in [2.45, 2.75) is 43.8 Å². The van der Waals surface area contributed by atoms with E-state index in [-0.39, 0.29) is 29.6 Å². The fourth-order valence-corrected chi connectivity index (χ4v) is 5.45. The monoisotopic (exact) mass is 423 g/mol. The zero-order valence-corrected chi connectivity index (χ0v) is 18.5. The topological polar surface area (TPSA) is 70.2 Å². The third-order valence-electron chi connectivity index (χ3n) is 5.79. The Labute approximate surface area is 174 Å². The molecule has 0 spiro atoms. The number of amides is 1. The predicted octanol–water partition coefficient (Wildman–Crippen LogP) is 1.65. The number of benzene rings is 1. The minimum atomic E-state index is -3.65. The van der Waals surface area contributed by atoms with Crippen molar-refractivity contribution in [3.8, 4) is 0 Å². The van der Waals surface area contributed by atoms with Gasteiger partial charge in [-0.25, -0.2) is 8.42 Å². The average Bonchev–Trinajstić information content (AvgIpc) is 2.68. The molecule has 0 bridgehead atoms. The van der Waals surface area contributed by atoms with Crippen LogP contribution in [0, 0.1) is 5.92 Å². The van der Waals surface area contributed by atoms with Crippen molar-refractivity contribution in [1.29, 1.82) is 0 Å². The molecular formula is C21H33N3O4S. The van der Waals surface area contributed by atoms with Gasteiger partial charge in [-0.05, 0) is 44.7 Å². The van der Waals surface area contributed by atoms with Gasteiger partial charge in [0.05, 0.1) is 23.6 Å². The SMILES string of the molecule is CC1CN(CC2CCN(C(=O)CN(C)S(=O)(=O)c3ccccc3)CC2)CC(C)O1. The molecule has 29 heavy (non-hydrogen) atoms. The Balaban J connectivity index is 1.47. The number of carbonyl (C=O) groups excluding carboxylic acids is 1. The van der Waals surface area contributed by atoms with Gasteiger partial charge >= 0.3 is 0 Å². The van der Waals surface area contributed by atoms with Gasteiger partial charge in [0, 0.05) is 39.8 Å². The van der Waals surface area contributed by atoms with E-state index in [2.05, 4.69) is 18.7 Å². The predicted molar refractivity (Wildman–Crippen MR) is 112 cm³/mol. The highest BCUT2D eigenvalue weighted by molar-refractivity contribution is 7.89. The summed E-state index contributed by atoms with van der Waals surface area (Å²) in [5.74, 6) is 0.446. The van der Waals surface area contributed by atoms with Crippen LogP contribution in [0.1, 0.15) is 26.7 Å². The first-order valence-electron chi connectivity index (χ1n) is 10.4. The molecule has 1 aromatic rings. The minimum absolute atomic E-state index is 0.125. The maximum atomic E-state index is 12.7. The highest BCUT2D eigenvalue weighted by Crippen LogP contribution is 2.21. The molecule has 0 aliphatic carbocycles. The highest BCUT2D eigenvalue weighted by Gasteiger charge is 2.30. The van der Waals surface area contributed by atoms with E-state index in [1.54, 1.807) is 35.2 Å². The minimum Gasteiger partial charge on any atom is -0.373 e. The Morgan fingerprint density at radius 2 is 1.69 bits per heavy atom. The number of rotatable bonds is 6. The van der Waals surface area contributed by atoms with Gasteiger partial charge in [-0.2, -0.15) is 4.31 Å². The van der Waals surface area contributed by atoms with Crippen LogP contribution >= 0.6 is 0 Å². The lowest BCUT2D eigenvalue weighted by atomic mass is 9.95. The van der Waals surface area contributed by atoms with Crippen molar-refractivity contribution in [2.75, 3.05) is 46.3 Å². The summed E-state index contributed by atoms with van der Waals surface area (Å²) >= 11 is 0. The van der Waals surface area contributed by atoms with E-state index in [0.717, 1.165) is 36.8 Å². The zero-order valence-electron chi connectivity index (χ0n) is 17.7. The van der Waals surface area contributed by atoms with Gasteiger partial charge in [-0.1, -0.05) is 18.2 Å². The summed E-state index contributed by atoms with van der Waals surface area (Å²) in [5.41, 5.74) is 0. The number of hydrogen-bond donors (Lipinski definition) is 0. The third-order valence-corrected chi connectivity index (χ3v) is 7.61. The maximum Gasteiger partial charge on any atom is 0.243 e. The first-order valence-corrected chi connectivity index (χ1v) is 11.9. The van der Waals surface area contributed by atoms with Crippen LogP contribution in [-0.2, 0) is 19.6 Å². The second-order valence-electron chi connectivity index (χ2n) is 8.37. The number of sulfonamides is 1. The lowest BCUT2D eigenvalue weighted by molar-refractivity contribution is -0.132. The molecular weight excluding hydrogens is 390 g/mol. The zero-order chi connectivity index (χ0) is 21.0. The molecule has 0 saturated carbocycles. The summed E-state index contributed by atoms with van der Waals surface area (Å²) in [6, 6.07) is 8.24. The molecule has 2 unspecified atom stereocenters. The quantitative estimate of drug-likeness (QED) is 0.696. The van der Waals surface area contributed by atoms with E-state index >= 15 is 0 Å². The molecule has 8 heteroatoms. The van der Waals surface area contributed by atoms with Crippen LogP contribution in [0.4, 0.5) is 0 Å². The molecule has 2 aliphatic heterocycles. The van der Waals surface area contributed by atoms with Gasteiger partial charge in [0.25, 0.3) is 0 Å². The van der Waals surface area contributed by atoms with Crippen LogP contribution in [0.3, 0.4) is 0 Å². The highest BCUT2D eigenvalue weighted by atomic mass is 32.2.